The summed E-state index contributed by atoms with van der Waals surface area (Å²) in [5.74, 6) is -0.858. The molecule has 0 radical (unpaired) electrons. The molecule has 0 aromatic heterocycles. The minimum absolute atomic E-state index is 0.367. The molecule has 0 aliphatic rings. The van der Waals surface area contributed by atoms with E-state index in [0.717, 1.165) is 12.8 Å². The Bertz CT molecular complexity index is 161. The Morgan fingerprint density at radius 2 is 2.09 bits per heavy atom. The van der Waals surface area contributed by atoms with Crippen molar-refractivity contribution >= 4 is 5.97 Å². The lowest BCUT2D eigenvalue weighted by Gasteiger charge is -2.12. The molecule has 11 heavy (non-hydrogen) atoms. The lowest BCUT2D eigenvalue weighted by Crippen LogP contribution is -2.18. The predicted octanol–water partition coefficient (Wildman–Crippen LogP) is 1.32. The van der Waals surface area contributed by atoms with Crippen LogP contribution in [0.5, 0.6) is 0 Å². The highest BCUT2D eigenvalue weighted by Gasteiger charge is 2.07. The fourth-order valence-corrected chi connectivity index (χ4v) is 0.742. The average molecular weight is 157 g/mol. The highest BCUT2D eigenvalue weighted by Crippen LogP contribution is 2.01. The molecule has 0 heterocycles. The average Bonchev–Trinajstić information content (AvgIpc) is 1.87. The second kappa shape index (κ2) is 4.77. The molecule has 3 nitrogen and oxygen atoms in total. The first-order valence-electron chi connectivity index (χ1n) is 3.70. The molecule has 0 aromatic rings. The summed E-state index contributed by atoms with van der Waals surface area (Å²) in [5, 5.41) is 8.66. The molecule has 0 atom stereocenters. The van der Waals surface area contributed by atoms with E-state index >= 15 is 0 Å². The smallest absolute Gasteiger partial charge is 0.351 e. The first kappa shape index (κ1) is 10.0. The van der Waals surface area contributed by atoms with Crippen LogP contribution in [0.4, 0.5) is 0 Å². The minimum atomic E-state index is -0.858. The van der Waals surface area contributed by atoms with Crippen LogP contribution in [0, 0.1) is 0 Å². The van der Waals surface area contributed by atoms with Crippen LogP contribution in [-0.2, 0) is 4.79 Å². The maximum absolute atomic E-state index is 10.5. The minimum Gasteiger partial charge on any atom is -0.477 e. The lowest BCUT2D eigenvalue weighted by molar-refractivity contribution is -0.134. The van der Waals surface area contributed by atoms with Gasteiger partial charge in [0.25, 0.3) is 0 Å². The van der Waals surface area contributed by atoms with Crippen molar-refractivity contribution in [2.45, 2.75) is 19.8 Å². The fraction of sp³-hybridized carbons (Fsp3) is 0.625. The molecule has 1 N–H and O–H groups in total. The summed E-state index contributed by atoms with van der Waals surface area (Å²) in [5.41, 5.74) is 0.367. The molecular formula is C8H15NO2. The fourth-order valence-electron chi connectivity index (χ4n) is 0.742. The third kappa shape index (κ3) is 3.65. The molecule has 0 saturated carbocycles. The van der Waals surface area contributed by atoms with E-state index in [1.54, 1.807) is 25.1 Å². The SMILES string of the molecule is CCC/C=C(\C(=O)O)N(C)C. The first-order chi connectivity index (χ1) is 5.09. The standard InChI is InChI=1S/C8H15NO2/c1-4-5-6-7(8(10)11)9(2)3/h6H,4-5H2,1-3H3,(H,10,11)/b7-6+. The number of carboxylic acids is 1. The Morgan fingerprint density at radius 3 is 2.36 bits per heavy atom. The second-order valence-corrected chi connectivity index (χ2v) is 2.58. The van der Waals surface area contributed by atoms with E-state index in [2.05, 4.69) is 0 Å². The summed E-state index contributed by atoms with van der Waals surface area (Å²) in [6.07, 6.45) is 3.53. The van der Waals surface area contributed by atoms with Gasteiger partial charge < -0.3 is 10.0 Å². The van der Waals surface area contributed by atoms with Gasteiger partial charge in [-0.15, -0.1) is 0 Å². The van der Waals surface area contributed by atoms with E-state index in [9.17, 15) is 4.79 Å². The predicted molar refractivity (Wildman–Crippen MR) is 44.3 cm³/mol. The van der Waals surface area contributed by atoms with Gasteiger partial charge >= 0.3 is 5.97 Å². The molecule has 64 valence electrons. The molecule has 0 spiro atoms. The largest absolute Gasteiger partial charge is 0.477 e. The molecule has 3 heteroatoms. The van der Waals surface area contributed by atoms with Gasteiger partial charge in [0.2, 0.25) is 0 Å². The molecule has 0 bridgehead atoms. The number of rotatable bonds is 4. The number of likely N-dealkylation sites (N-methyl/N-ethyl adjacent to an activating group) is 1. The zero-order chi connectivity index (χ0) is 8.85. The van der Waals surface area contributed by atoms with Gasteiger partial charge in [0.15, 0.2) is 0 Å². The van der Waals surface area contributed by atoms with Crippen molar-refractivity contribution in [3.63, 3.8) is 0 Å². The van der Waals surface area contributed by atoms with Gasteiger partial charge in [0.1, 0.15) is 5.70 Å². The van der Waals surface area contributed by atoms with Crippen LogP contribution in [0.15, 0.2) is 11.8 Å². The number of allylic oxidation sites excluding steroid dienone is 1. The Hall–Kier alpha value is -0.990. The molecule has 0 fully saturated rings. The third-order valence-electron chi connectivity index (χ3n) is 1.33. The van der Waals surface area contributed by atoms with Crippen LogP contribution in [0.3, 0.4) is 0 Å². The summed E-state index contributed by atoms with van der Waals surface area (Å²) in [6.45, 7) is 2.02. The molecule has 0 aromatic carbocycles. The van der Waals surface area contributed by atoms with Crippen molar-refractivity contribution < 1.29 is 9.90 Å². The van der Waals surface area contributed by atoms with Crippen LogP contribution in [0.25, 0.3) is 0 Å². The molecule has 0 saturated heterocycles. The van der Waals surface area contributed by atoms with Gasteiger partial charge in [-0.1, -0.05) is 19.4 Å². The van der Waals surface area contributed by atoms with Gasteiger partial charge in [-0.3, -0.25) is 0 Å². The maximum atomic E-state index is 10.5. The Kier molecular flexibility index (Phi) is 4.34. The quantitative estimate of drug-likeness (QED) is 0.625. The van der Waals surface area contributed by atoms with Gasteiger partial charge in [-0.25, -0.2) is 4.79 Å². The zero-order valence-corrected chi connectivity index (χ0v) is 7.29. The first-order valence-corrected chi connectivity index (χ1v) is 3.70. The summed E-state index contributed by atoms with van der Waals surface area (Å²) in [6, 6.07) is 0. The van der Waals surface area contributed by atoms with E-state index in [4.69, 9.17) is 5.11 Å². The lowest BCUT2D eigenvalue weighted by atomic mass is 10.2. The molecule has 0 amide bonds. The number of carboxylic acid groups (broad SMARTS) is 1. The van der Waals surface area contributed by atoms with Gasteiger partial charge in [0, 0.05) is 14.1 Å². The topological polar surface area (TPSA) is 40.5 Å². The van der Waals surface area contributed by atoms with E-state index in [-0.39, 0.29) is 0 Å². The number of nitrogens with zero attached hydrogens (tertiary/aromatic N) is 1. The Balaban J connectivity index is 4.21. The molecular weight excluding hydrogens is 142 g/mol. The number of unbranched alkanes of at least 4 members (excludes halogenated alkanes) is 1. The van der Waals surface area contributed by atoms with Crippen LogP contribution in [-0.4, -0.2) is 30.1 Å². The van der Waals surface area contributed by atoms with Crippen LogP contribution in [0.2, 0.25) is 0 Å². The van der Waals surface area contributed by atoms with Gasteiger partial charge in [-0.2, -0.15) is 0 Å². The van der Waals surface area contributed by atoms with Crippen molar-refractivity contribution in [1.82, 2.24) is 4.90 Å². The highest BCUT2D eigenvalue weighted by atomic mass is 16.4. The Labute approximate surface area is 67.3 Å². The summed E-state index contributed by atoms with van der Waals surface area (Å²) in [4.78, 5) is 12.1. The van der Waals surface area contributed by atoms with Gasteiger partial charge in [0.05, 0.1) is 0 Å². The van der Waals surface area contributed by atoms with Crippen LogP contribution >= 0.6 is 0 Å². The van der Waals surface area contributed by atoms with Crippen LogP contribution < -0.4 is 0 Å². The van der Waals surface area contributed by atoms with E-state index in [0.29, 0.717) is 5.70 Å². The summed E-state index contributed by atoms with van der Waals surface area (Å²) < 4.78 is 0. The molecule has 0 unspecified atom stereocenters. The van der Waals surface area contributed by atoms with Crippen LogP contribution in [0.1, 0.15) is 19.8 Å². The Morgan fingerprint density at radius 1 is 1.55 bits per heavy atom. The number of hydrogen-bond acceptors (Lipinski definition) is 2. The number of hydrogen-bond donors (Lipinski definition) is 1. The van der Waals surface area contributed by atoms with E-state index in [1.165, 1.54) is 0 Å². The molecule has 0 aliphatic carbocycles. The number of aliphatic carboxylic acids is 1. The van der Waals surface area contributed by atoms with Crippen molar-refractivity contribution in [2.24, 2.45) is 0 Å². The monoisotopic (exact) mass is 157 g/mol. The van der Waals surface area contributed by atoms with Gasteiger partial charge in [-0.05, 0) is 6.42 Å². The van der Waals surface area contributed by atoms with E-state index < -0.39 is 5.97 Å². The second-order valence-electron chi connectivity index (χ2n) is 2.58. The molecule has 0 rings (SSSR count). The van der Waals surface area contributed by atoms with Crippen molar-refractivity contribution in [3.05, 3.63) is 11.8 Å². The van der Waals surface area contributed by atoms with Crippen molar-refractivity contribution in [1.29, 1.82) is 0 Å². The highest BCUT2D eigenvalue weighted by molar-refractivity contribution is 5.85. The summed E-state index contributed by atoms with van der Waals surface area (Å²) in [7, 11) is 3.46. The van der Waals surface area contributed by atoms with Crippen molar-refractivity contribution in [3.8, 4) is 0 Å². The third-order valence-corrected chi connectivity index (χ3v) is 1.33. The maximum Gasteiger partial charge on any atom is 0.351 e. The normalized spacial score (nSPS) is 11.4. The van der Waals surface area contributed by atoms with E-state index in [1.807, 2.05) is 6.92 Å². The zero-order valence-electron chi connectivity index (χ0n) is 7.29. The summed E-state index contributed by atoms with van der Waals surface area (Å²) >= 11 is 0. The molecule has 0 aliphatic heterocycles. The number of carbonyl (C=O) groups is 1. The van der Waals surface area contributed by atoms with Crippen molar-refractivity contribution in [2.75, 3.05) is 14.1 Å².